The summed E-state index contributed by atoms with van der Waals surface area (Å²) in [6.07, 6.45) is 6.27. The summed E-state index contributed by atoms with van der Waals surface area (Å²) in [7, 11) is 1.77. The van der Waals surface area contributed by atoms with E-state index in [9.17, 15) is 9.59 Å². The highest BCUT2D eigenvalue weighted by atomic mass is 16.5. The van der Waals surface area contributed by atoms with Gasteiger partial charge in [-0.15, -0.1) is 0 Å². The number of carbonyl (C=O) groups excluding carboxylic acids is 2. The molecule has 1 aromatic carbocycles. The molecule has 0 bridgehead atoms. The maximum atomic E-state index is 12.2. The maximum Gasteiger partial charge on any atom is 0.355 e. The van der Waals surface area contributed by atoms with Gasteiger partial charge in [-0.2, -0.15) is 0 Å². The lowest BCUT2D eigenvalue weighted by atomic mass is 9.90. The van der Waals surface area contributed by atoms with Gasteiger partial charge in [-0.1, -0.05) is 12.1 Å². The van der Waals surface area contributed by atoms with E-state index in [1.54, 1.807) is 29.9 Å². The minimum absolute atomic E-state index is 0.157. The predicted molar refractivity (Wildman–Crippen MR) is 83.1 cm³/mol. The summed E-state index contributed by atoms with van der Waals surface area (Å²) in [6.45, 7) is -0.219. The number of fused-ring (bicyclic) bond motifs is 1. The fourth-order valence-corrected chi connectivity index (χ4v) is 2.87. The Bertz CT molecular complexity index is 715. The molecule has 114 valence electrons. The molecule has 0 saturated heterocycles. The Morgan fingerprint density at radius 1 is 1.14 bits per heavy atom. The molecule has 1 aliphatic carbocycles. The zero-order valence-electron chi connectivity index (χ0n) is 12.7. The quantitative estimate of drug-likeness (QED) is 0.644. The van der Waals surface area contributed by atoms with Crippen LogP contribution in [0.2, 0.25) is 0 Å². The minimum atomic E-state index is -0.473. The average Bonchev–Trinajstić information content (AvgIpc) is 2.98. The van der Waals surface area contributed by atoms with Gasteiger partial charge in [0.2, 0.25) is 0 Å². The van der Waals surface area contributed by atoms with Crippen LogP contribution in [0.1, 0.15) is 44.8 Å². The number of hydrogen-bond donors (Lipinski definition) is 0. The summed E-state index contributed by atoms with van der Waals surface area (Å²) in [4.78, 5) is 24.1. The number of benzene rings is 1. The van der Waals surface area contributed by atoms with Crippen LogP contribution in [0.15, 0.2) is 36.5 Å². The molecule has 22 heavy (non-hydrogen) atoms. The Balaban J connectivity index is 1.65. The first kappa shape index (κ1) is 14.6. The van der Waals surface area contributed by atoms with Gasteiger partial charge < -0.3 is 9.30 Å². The van der Waals surface area contributed by atoms with E-state index in [2.05, 4.69) is 0 Å². The van der Waals surface area contributed by atoms with E-state index in [0.29, 0.717) is 11.3 Å². The van der Waals surface area contributed by atoms with E-state index >= 15 is 0 Å². The van der Waals surface area contributed by atoms with Crippen LogP contribution in [0.5, 0.6) is 0 Å². The highest BCUT2D eigenvalue weighted by Crippen LogP contribution is 2.22. The lowest BCUT2D eigenvalue weighted by Gasteiger charge is -2.16. The summed E-state index contributed by atoms with van der Waals surface area (Å²) in [5, 5.41) is 0. The van der Waals surface area contributed by atoms with Crippen molar-refractivity contribution in [3.63, 3.8) is 0 Å². The first-order chi connectivity index (χ1) is 10.6. The maximum absolute atomic E-state index is 12.2. The summed E-state index contributed by atoms with van der Waals surface area (Å²) in [5.41, 5.74) is 3.66. The van der Waals surface area contributed by atoms with Crippen molar-refractivity contribution in [1.82, 2.24) is 4.57 Å². The largest absolute Gasteiger partial charge is 0.453 e. The van der Waals surface area contributed by atoms with Crippen molar-refractivity contribution in [2.75, 3.05) is 6.61 Å². The molecule has 0 N–H and O–H groups in total. The predicted octanol–water partition coefficient (Wildman–Crippen LogP) is 2.94. The molecule has 3 rings (SSSR count). The van der Waals surface area contributed by atoms with Gasteiger partial charge in [-0.25, -0.2) is 4.79 Å². The lowest BCUT2D eigenvalue weighted by Crippen LogP contribution is -2.16. The molecule has 4 heteroatoms. The lowest BCUT2D eigenvalue weighted by molar-refractivity contribution is 0.0465. The van der Waals surface area contributed by atoms with Crippen LogP contribution in [0.4, 0.5) is 0 Å². The van der Waals surface area contributed by atoms with Crippen LogP contribution in [-0.2, 0) is 24.6 Å². The number of nitrogens with zero attached hydrogens (tertiary/aromatic N) is 1. The van der Waals surface area contributed by atoms with Crippen molar-refractivity contribution < 1.29 is 14.3 Å². The Hall–Kier alpha value is -2.36. The second-order valence-corrected chi connectivity index (χ2v) is 5.69. The molecule has 2 aromatic rings. The van der Waals surface area contributed by atoms with Gasteiger partial charge in [0.15, 0.2) is 12.4 Å². The van der Waals surface area contributed by atoms with Crippen LogP contribution in [0.3, 0.4) is 0 Å². The van der Waals surface area contributed by atoms with Crippen molar-refractivity contribution in [1.29, 1.82) is 0 Å². The Labute approximate surface area is 129 Å². The molecule has 0 radical (unpaired) electrons. The monoisotopic (exact) mass is 297 g/mol. The van der Waals surface area contributed by atoms with E-state index in [1.165, 1.54) is 24.0 Å². The van der Waals surface area contributed by atoms with Crippen LogP contribution >= 0.6 is 0 Å². The summed E-state index contributed by atoms with van der Waals surface area (Å²) >= 11 is 0. The number of Topliss-reactive ketones (excluding diaryl/α,β-unsaturated/α-hetero) is 1. The van der Waals surface area contributed by atoms with E-state index in [0.717, 1.165) is 12.8 Å². The van der Waals surface area contributed by atoms with Gasteiger partial charge in [0.05, 0.1) is 0 Å². The van der Waals surface area contributed by atoms with Gasteiger partial charge in [-0.3, -0.25) is 4.79 Å². The first-order valence-corrected chi connectivity index (χ1v) is 7.58. The van der Waals surface area contributed by atoms with E-state index < -0.39 is 5.97 Å². The van der Waals surface area contributed by atoms with Gasteiger partial charge in [0, 0.05) is 18.8 Å². The summed E-state index contributed by atoms with van der Waals surface area (Å²) in [6, 6.07) is 9.25. The SMILES string of the molecule is Cn1cccc1C(=O)OCC(=O)c1ccc2c(c1)CCCC2. The molecule has 0 unspecified atom stereocenters. The number of rotatable bonds is 4. The molecular weight excluding hydrogens is 278 g/mol. The number of hydrogen-bond acceptors (Lipinski definition) is 3. The van der Waals surface area contributed by atoms with Crippen LogP contribution in [0.25, 0.3) is 0 Å². The molecule has 1 heterocycles. The molecule has 0 spiro atoms. The van der Waals surface area contributed by atoms with Crippen LogP contribution in [-0.4, -0.2) is 22.9 Å². The average molecular weight is 297 g/mol. The smallest absolute Gasteiger partial charge is 0.355 e. The Kier molecular flexibility index (Phi) is 4.09. The molecular formula is C18H19NO3. The van der Waals surface area contributed by atoms with E-state index in [1.807, 2.05) is 18.2 Å². The third-order valence-electron chi connectivity index (χ3n) is 4.16. The fourth-order valence-electron chi connectivity index (χ4n) is 2.87. The molecule has 0 atom stereocenters. The molecule has 1 aromatic heterocycles. The van der Waals surface area contributed by atoms with Crippen LogP contribution < -0.4 is 0 Å². The number of aryl methyl sites for hydroxylation is 3. The van der Waals surface area contributed by atoms with Crippen molar-refractivity contribution in [3.05, 3.63) is 58.9 Å². The van der Waals surface area contributed by atoms with Crippen molar-refractivity contribution in [3.8, 4) is 0 Å². The van der Waals surface area contributed by atoms with Gasteiger partial charge in [-0.05, 0) is 55.0 Å². The van der Waals surface area contributed by atoms with Crippen molar-refractivity contribution >= 4 is 11.8 Å². The zero-order valence-corrected chi connectivity index (χ0v) is 12.7. The van der Waals surface area contributed by atoms with Crippen LogP contribution in [0, 0.1) is 0 Å². The Morgan fingerprint density at radius 2 is 1.91 bits per heavy atom. The van der Waals surface area contributed by atoms with Gasteiger partial charge in [0.1, 0.15) is 5.69 Å². The fraction of sp³-hybridized carbons (Fsp3) is 0.333. The second kappa shape index (κ2) is 6.18. The number of carbonyl (C=O) groups is 2. The number of ether oxygens (including phenoxy) is 1. The third kappa shape index (κ3) is 2.96. The second-order valence-electron chi connectivity index (χ2n) is 5.69. The minimum Gasteiger partial charge on any atom is -0.453 e. The van der Waals surface area contributed by atoms with E-state index in [4.69, 9.17) is 4.74 Å². The highest BCUT2D eigenvalue weighted by Gasteiger charge is 2.16. The molecule has 0 saturated carbocycles. The standard InChI is InChI=1S/C18H19NO3/c1-19-10-4-7-16(19)18(21)22-12-17(20)15-9-8-13-5-2-3-6-14(13)11-15/h4,7-11H,2-3,5-6,12H2,1H3. The van der Waals surface area contributed by atoms with Crippen molar-refractivity contribution in [2.45, 2.75) is 25.7 Å². The van der Waals surface area contributed by atoms with Gasteiger partial charge >= 0.3 is 5.97 Å². The molecule has 0 fully saturated rings. The molecule has 0 aliphatic heterocycles. The van der Waals surface area contributed by atoms with Crippen molar-refractivity contribution in [2.24, 2.45) is 7.05 Å². The zero-order chi connectivity index (χ0) is 15.5. The highest BCUT2D eigenvalue weighted by molar-refractivity contribution is 5.99. The number of ketones is 1. The normalized spacial score (nSPS) is 13.5. The topological polar surface area (TPSA) is 48.3 Å². The molecule has 4 nitrogen and oxygen atoms in total. The number of esters is 1. The molecule has 1 aliphatic rings. The van der Waals surface area contributed by atoms with Gasteiger partial charge in [0.25, 0.3) is 0 Å². The summed E-state index contributed by atoms with van der Waals surface area (Å²) in [5.74, 6) is -0.630. The Morgan fingerprint density at radius 3 is 2.64 bits per heavy atom. The number of aromatic nitrogens is 1. The molecule has 0 amide bonds. The summed E-state index contributed by atoms with van der Waals surface area (Å²) < 4.78 is 6.79. The first-order valence-electron chi connectivity index (χ1n) is 7.58. The van der Waals surface area contributed by atoms with E-state index in [-0.39, 0.29) is 12.4 Å². The third-order valence-corrected chi connectivity index (χ3v) is 4.16.